The molecular formula is C9H9BrN4. The zero-order valence-corrected chi connectivity index (χ0v) is 9.27. The van der Waals surface area contributed by atoms with Crippen molar-refractivity contribution in [3.8, 4) is 11.4 Å². The molecule has 72 valence electrons. The van der Waals surface area contributed by atoms with Gasteiger partial charge in [-0.3, -0.25) is 0 Å². The molecule has 0 saturated carbocycles. The van der Waals surface area contributed by atoms with E-state index < -0.39 is 0 Å². The van der Waals surface area contributed by atoms with E-state index in [1.165, 1.54) is 0 Å². The van der Waals surface area contributed by atoms with E-state index in [-0.39, 0.29) is 0 Å². The van der Waals surface area contributed by atoms with Gasteiger partial charge >= 0.3 is 0 Å². The summed E-state index contributed by atoms with van der Waals surface area (Å²) in [6.45, 7) is 2.72. The molecule has 14 heavy (non-hydrogen) atoms. The monoisotopic (exact) mass is 252 g/mol. The third-order valence-electron chi connectivity index (χ3n) is 1.84. The highest BCUT2D eigenvalue weighted by atomic mass is 79.9. The van der Waals surface area contributed by atoms with Crippen molar-refractivity contribution in [1.82, 2.24) is 20.2 Å². The van der Waals surface area contributed by atoms with E-state index in [9.17, 15) is 0 Å². The Balaban J connectivity index is 2.34. The smallest absolute Gasteiger partial charge is 0.164 e. The molecule has 5 heteroatoms. The number of hydrogen-bond donors (Lipinski definition) is 0. The van der Waals surface area contributed by atoms with Crippen molar-refractivity contribution in [2.45, 2.75) is 13.5 Å². The maximum Gasteiger partial charge on any atom is 0.204 e. The maximum atomic E-state index is 4.21. The first kappa shape index (κ1) is 9.33. The van der Waals surface area contributed by atoms with E-state index in [1.54, 1.807) is 4.80 Å². The molecule has 0 aliphatic carbocycles. The molecule has 0 atom stereocenters. The van der Waals surface area contributed by atoms with Gasteiger partial charge in [0, 0.05) is 10.0 Å². The van der Waals surface area contributed by atoms with Crippen molar-refractivity contribution in [3.05, 3.63) is 28.7 Å². The molecule has 0 N–H and O–H groups in total. The highest BCUT2D eigenvalue weighted by Gasteiger charge is 2.03. The first-order chi connectivity index (χ1) is 6.79. The molecule has 0 amide bonds. The van der Waals surface area contributed by atoms with Crippen molar-refractivity contribution in [1.29, 1.82) is 0 Å². The number of hydrogen-bond acceptors (Lipinski definition) is 3. The van der Waals surface area contributed by atoms with Crippen LogP contribution in [0.4, 0.5) is 0 Å². The molecule has 0 bridgehead atoms. The fraction of sp³-hybridized carbons (Fsp3) is 0.222. The summed E-state index contributed by atoms with van der Waals surface area (Å²) in [5.41, 5.74) is 0.980. The Bertz CT molecular complexity index is 421. The molecule has 0 fully saturated rings. The van der Waals surface area contributed by atoms with Crippen LogP contribution in [0.2, 0.25) is 0 Å². The third kappa shape index (κ3) is 1.82. The van der Waals surface area contributed by atoms with E-state index in [0.29, 0.717) is 5.82 Å². The standard InChI is InChI=1S/C9H9BrN4/c1-2-14-12-9(11-13-14)7-3-5-8(10)6-4-7/h3-6H,2H2,1H3. The lowest BCUT2D eigenvalue weighted by Gasteiger charge is -1.93. The number of rotatable bonds is 2. The van der Waals surface area contributed by atoms with Crippen LogP contribution < -0.4 is 0 Å². The number of tetrazole rings is 1. The van der Waals surface area contributed by atoms with Crippen LogP contribution in [-0.2, 0) is 6.54 Å². The van der Waals surface area contributed by atoms with Gasteiger partial charge in [0.2, 0.25) is 5.82 Å². The lowest BCUT2D eigenvalue weighted by Crippen LogP contribution is -1.98. The molecule has 0 aliphatic heterocycles. The maximum absolute atomic E-state index is 4.21. The molecule has 1 aromatic heterocycles. The van der Waals surface area contributed by atoms with Gasteiger partial charge in [-0.25, -0.2) is 0 Å². The van der Waals surface area contributed by atoms with Crippen molar-refractivity contribution in [2.24, 2.45) is 0 Å². The summed E-state index contributed by atoms with van der Waals surface area (Å²) in [4.78, 5) is 1.57. The molecule has 4 nitrogen and oxygen atoms in total. The highest BCUT2D eigenvalue weighted by molar-refractivity contribution is 9.10. The van der Waals surface area contributed by atoms with E-state index in [1.807, 2.05) is 31.2 Å². The summed E-state index contributed by atoms with van der Waals surface area (Å²) in [6, 6.07) is 7.84. The van der Waals surface area contributed by atoms with Crippen LogP contribution in [0, 0.1) is 0 Å². The lowest BCUT2D eigenvalue weighted by atomic mass is 10.2. The minimum Gasteiger partial charge on any atom is -0.164 e. The molecule has 0 saturated heterocycles. The number of benzene rings is 1. The predicted octanol–water partition coefficient (Wildman–Crippen LogP) is 2.12. The van der Waals surface area contributed by atoms with E-state index in [4.69, 9.17) is 0 Å². The quantitative estimate of drug-likeness (QED) is 0.823. The van der Waals surface area contributed by atoms with E-state index >= 15 is 0 Å². The summed E-state index contributed by atoms with van der Waals surface area (Å²) in [7, 11) is 0. The molecular weight excluding hydrogens is 244 g/mol. The van der Waals surface area contributed by atoms with Crippen LogP contribution in [0.1, 0.15) is 6.92 Å². The summed E-state index contributed by atoms with van der Waals surface area (Å²) in [6.07, 6.45) is 0. The number of nitrogens with zero attached hydrogens (tertiary/aromatic N) is 4. The molecule has 2 rings (SSSR count). The van der Waals surface area contributed by atoms with Crippen molar-refractivity contribution in [2.75, 3.05) is 0 Å². The largest absolute Gasteiger partial charge is 0.204 e. The van der Waals surface area contributed by atoms with E-state index in [2.05, 4.69) is 31.3 Å². The molecule has 1 heterocycles. The van der Waals surface area contributed by atoms with Crippen LogP contribution in [-0.4, -0.2) is 20.2 Å². The summed E-state index contributed by atoms with van der Waals surface area (Å²) in [5.74, 6) is 0.666. The van der Waals surface area contributed by atoms with Gasteiger partial charge in [0.15, 0.2) is 0 Å². The van der Waals surface area contributed by atoms with E-state index in [0.717, 1.165) is 16.6 Å². The average Bonchev–Trinajstić information content (AvgIpc) is 2.67. The van der Waals surface area contributed by atoms with Gasteiger partial charge in [-0.15, -0.1) is 10.2 Å². The lowest BCUT2D eigenvalue weighted by molar-refractivity contribution is 0.553. The second-order valence-electron chi connectivity index (χ2n) is 2.81. The molecule has 0 spiro atoms. The summed E-state index contributed by atoms with van der Waals surface area (Å²) < 4.78 is 1.05. The molecule has 0 aliphatic rings. The Morgan fingerprint density at radius 3 is 2.57 bits per heavy atom. The predicted molar refractivity (Wildman–Crippen MR) is 56.6 cm³/mol. The first-order valence-corrected chi connectivity index (χ1v) is 5.12. The Morgan fingerprint density at radius 2 is 2.00 bits per heavy atom. The van der Waals surface area contributed by atoms with Crippen LogP contribution in [0.25, 0.3) is 11.4 Å². The summed E-state index contributed by atoms with van der Waals surface area (Å²) >= 11 is 3.38. The van der Waals surface area contributed by atoms with Gasteiger partial charge in [0.25, 0.3) is 0 Å². The summed E-state index contributed by atoms with van der Waals surface area (Å²) in [5, 5.41) is 12.1. The minimum atomic E-state index is 0.666. The Kier molecular flexibility index (Phi) is 2.58. The number of aryl methyl sites for hydroxylation is 1. The van der Waals surface area contributed by atoms with Gasteiger partial charge in [-0.05, 0) is 36.4 Å². The highest BCUT2D eigenvalue weighted by Crippen LogP contribution is 2.17. The minimum absolute atomic E-state index is 0.666. The van der Waals surface area contributed by atoms with Crippen molar-refractivity contribution < 1.29 is 0 Å². The van der Waals surface area contributed by atoms with Gasteiger partial charge in [0.1, 0.15) is 0 Å². The topological polar surface area (TPSA) is 43.6 Å². The van der Waals surface area contributed by atoms with Gasteiger partial charge in [0.05, 0.1) is 6.54 Å². The SMILES string of the molecule is CCn1nnc(-c2ccc(Br)cc2)n1. The fourth-order valence-corrected chi connectivity index (χ4v) is 1.36. The average molecular weight is 253 g/mol. The molecule has 1 aromatic carbocycles. The second-order valence-corrected chi connectivity index (χ2v) is 3.72. The number of aromatic nitrogens is 4. The van der Waals surface area contributed by atoms with Gasteiger partial charge < -0.3 is 0 Å². The Hall–Kier alpha value is -1.23. The van der Waals surface area contributed by atoms with Crippen molar-refractivity contribution >= 4 is 15.9 Å². The van der Waals surface area contributed by atoms with Crippen LogP contribution in [0.3, 0.4) is 0 Å². The van der Waals surface area contributed by atoms with Crippen LogP contribution in [0.15, 0.2) is 28.7 Å². The zero-order valence-electron chi connectivity index (χ0n) is 7.68. The van der Waals surface area contributed by atoms with Gasteiger partial charge in [-0.1, -0.05) is 15.9 Å². The molecule has 0 radical (unpaired) electrons. The third-order valence-corrected chi connectivity index (χ3v) is 2.37. The van der Waals surface area contributed by atoms with Gasteiger partial charge in [-0.2, -0.15) is 4.80 Å². The fourth-order valence-electron chi connectivity index (χ4n) is 1.09. The second kappa shape index (κ2) is 3.88. The van der Waals surface area contributed by atoms with Crippen LogP contribution in [0.5, 0.6) is 0 Å². The number of halogens is 1. The first-order valence-electron chi connectivity index (χ1n) is 4.33. The molecule has 0 unspecified atom stereocenters. The zero-order chi connectivity index (χ0) is 9.97. The molecule has 2 aromatic rings. The normalized spacial score (nSPS) is 10.4. The Labute approximate surface area is 90.1 Å². The van der Waals surface area contributed by atoms with Crippen molar-refractivity contribution in [3.63, 3.8) is 0 Å². The van der Waals surface area contributed by atoms with Crippen LogP contribution >= 0.6 is 15.9 Å². The Morgan fingerprint density at radius 1 is 1.29 bits per heavy atom.